The van der Waals surface area contributed by atoms with Crippen molar-refractivity contribution in [3.05, 3.63) is 0 Å². The zero-order valence-corrected chi connectivity index (χ0v) is 9.51. The molecule has 2 nitrogen and oxygen atoms in total. The normalized spacial score (nSPS) is 4.00. The third kappa shape index (κ3) is 39.4. The van der Waals surface area contributed by atoms with Crippen molar-refractivity contribution in [3.63, 3.8) is 0 Å². The Morgan fingerprint density at radius 3 is 0.889 bits per heavy atom. The second-order valence-corrected chi connectivity index (χ2v) is 1.26. The van der Waals surface area contributed by atoms with Crippen molar-refractivity contribution in [2.45, 2.75) is 0 Å². The molecule has 0 heterocycles. The molecule has 0 aromatic carbocycles. The molecule has 0 rings (SSSR count). The third-order valence-corrected chi connectivity index (χ3v) is 0.258. The Hall–Kier alpha value is 7.24. The monoisotopic (exact) mass is 724 g/mol. The molecule has 0 fully saturated rings. The molecule has 0 radical (unpaired) electrons. The molecule has 0 spiro atoms. The molecule has 0 N–H and O–H groups in total. The van der Waals surface area contributed by atoms with Crippen LogP contribution in [0.15, 0.2) is 0 Å². The number of hydrogen-bond donors (Lipinski definition) is 0. The molecule has 0 saturated heterocycles. The first-order chi connectivity index (χ1) is 1.91. The molecule has 0 aliphatic rings. The van der Waals surface area contributed by atoms with E-state index >= 15 is 0 Å². The third-order valence-electron chi connectivity index (χ3n) is 0.0152. The minimum atomic E-state index is 0. The van der Waals surface area contributed by atoms with Gasteiger partial charge in [-0.05, 0) is 0 Å². The summed E-state index contributed by atoms with van der Waals surface area (Å²) in [5.41, 5.74) is 0. The van der Waals surface area contributed by atoms with Gasteiger partial charge >= 0.3 is 207 Å². The van der Waals surface area contributed by atoms with E-state index in [4.69, 9.17) is 7.67 Å². The molecule has 0 bridgehead atoms. The van der Waals surface area contributed by atoms with E-state index in [1.807, 2.05) is 0 Å². The van der Waals surface area contributed by atoms with Crippen molar-refractivity contribution in [1.82, 2.24) is 0 Å². The van der Waals surface area contributed by atoms with Crippen molar-refractivity contribution in [1.29, 1.82) is 0 Å². The molecule has 0 aromatic rings. The molecular formula is H8Ba2Ca2Cu2HgO2. The van der Waals surface area contributed by atoms with E-state index in [-0.39, 0.29) is 227 Å². The molecule has 0 aliphatic heterocycles. The first-order valence-corrected chi connectivity index (χ1v) is 2.56. The summed E-state index contributed by atoms with van der Waals surface area (Å²) in [4.78, 5) is 0. The maximum absolute atomic E-state index is 8.85. The zero-order chi connectivity index (χ0) is 3.41. The summed E-state index contributed by atoms with van der Waals surface area (Å²) in [7, 11) is 0. The Bertz CT molecular complexity index is 41.5. The fourth-order valence-electron chi connectivity index (χ4n) is 0. The molecule has 0 unspecified atom stereocenters. The van der Waals surface area contributed by atoms with Gasteiger partial charge in [-0.15, -0.1) is 0 Å². The van der Waals surface area contributed by atoms with Crippen LogP contribution >= 0.6 is 0 Å². The summed E-state index contributed by atoms with van der Waals surface area (Å²) in [5.74, 6) is 0. The van der Waals surface area contributed by atoms with Crippen LogP contribution in [-0.2, 0) is 61.5 Å². The summed E-state index contributed by atoms with van der Waals surface area (Å²) in [5, 5.41) is 0. The minimum absolute atomic E-state index is 0. The van der Waals surface area contributed by atoms with E-state index in [1.165, 1.54) is 0 Å². The van der Waals surface area contributed by atoms with Gasteiger partial charge in [0.15, 0.2) is 0 Å². The van der Waals surface area contributed by atoms with Gasteiger partial charge in [-0.25, -0.2) is 0 Å². The van der Waals surface area contributed by atoms with Crippen LogP contribution in [-0.4, -0.2) is 173 Å². The number of hydrogen-bond acceptors (Lipinski definition) is 2. The van der Waals surface area contributed by atoms with Crippen LogP contribution in [0.5, 0.6) is 0 Å². The Labute approximate surface area is 226 Å². The van der Waals surface area contributed by atoms with Crippen LogP contribution in [0, 0.1) is 0 Å². The van der Waals surface area contributed by atoms with E-state index in [1.54, 1.807) is 0 Å². The second kappa shape index (κ2) is 36.2. The van der Waals surface area contributed by atoms with Crippen molar-refractivity contribution in [2.24, 2.45) is 0 Å². The Balaban J connectivity index is -0.00000000450. The van der Waals surface area contributed by atoms with E-state index in [9.17, 15) is 0 Å². The first-order valence-electron chi connectivity index (χ1n) is 0.337. The van der Waals surface area contributed by atoms with Gasteiger partial charge in [-0.1, -0.05) is 0 Å². The maximum atomic E-state index is 8.85. The van der Waals surface area contributed by atoms with Crippen molar-refractivity contribution < 1.29 is 61.5 Å². The van der Waals surface area contributed by atoms with E-state index < -0.39 is 0 Å². The Morgan fingerprint density at radius 2 is 0.889 bits per heavy atom. The average molecular weight is 723 g/mol. The van der Waals surface area contributed by atoms with Crippen molar-refractivity contribution in [3.8, 4) is 0 Å². The molecule has 0 aromatic heterocycles. The predicted octanol–water partition coefficient (Wildman–Crippen LogP) is -3.91. The van der Waals surface area contributed by atoms with Gasteiger partial charge in [0.05, 0.1) is 0 Å². The molecule has 0 aliphatic carbocycles. The standard InChI is InChI=1S/2Ba.2Ca.2Cu.Hg.2O.8H. The number of rotatable bonds is 1. The molecule has 0 atom stereocenters. The summed E-state index contributed by atoms with van der Waals surface area (Å²) >= 11 is 0.0486. The van der Waals surface area contributed by atoms with Gasteiger partial charge in [0.2, 0.25) is 0 Å². The topological polar surface area (TPSA) is 34.1 Å². The van der Waals surface area contributed by atoms with Crippen LogP contribution in [0.3, 0.4) is 0 Å². The van der Waals surface area contributed by atoms with Crippen molar-refractivity contribution in [2.75, 3.05) is 0 Å². The van der Waals surface area contributed by atoms with Gasteiger partial charge in [0, 0.05) is 27.7 Å². The summed E-state index contributed by atoms with van der Waals surface area (Å²) in [6.45, 7) is 0. The van der Waals surface area contributed by atoms with Crippen LogP contribution in [0.4, 0.5) is 0 Å². The van der Waals surface area contributed by atoms with Gasteiger partial charge in [-0.2, -0.15) is 0 Å². The van der Waals surface area contributed by atoms with Crippen LogP contribution < -0.4 is 0 Å². The van der Waals surface area contributed by atoms with Gasteiger partial charge in [0.25, 0.3) is 0 Å². The van der Waals surface area contributed by atoms with Crippen LogP contribution in [0.25, 0.3) is 0 Å². The van der Waals surface area contributed by atoms with E-state index in [2.05, 4.69) is 0 Å². The van der Waals surface area contributed by atoms with E-state index in [0.717, 1.165) is 0 Å². The summed E-state index contributed by atoms with van der Waals surface area (Å²) in [6.07, 6.45) is 0. The zero-order valence-electron chi connectivity index (χ0n) is 2.13. The van der Waals surface area contributed by atoms with Crippen LogP contribution in [0.2, 0.25) is 0 Å². The molecule has 0 amide bonds. The van der Waals surface area contributed by atoms with Gasteiger partial charge < -0.3 is 0 Å². The van der Waals surface area contributed by atoms with Gasteiger partial charge in [0.1, 0.15) is 0 Å². The summed E-state index contributed by atoms with van der Waals surface area (Å²) in [6, 6.07) is 0. The second-order valence-electron chi connectivity index (χ2n) is 0.0742. The molecular weight excluding hydrogens is 714 g/mol. The molecule has 9 heavy (non-hydrogen) atoms. The molecule has 52 valence electrons. The van der Waals surface area contributed by atoms with Crippen molar-refractivity contribution >= 4 is 173 Å². The quantitative estimate of drug-likeness (QED) is 0.260. The average Bonchev–Trinajstić information content (AvgIpc) is 1.37. The Morgan fingerprint density at radius 1 is 0.778 bits per heavy atom. The fourth-order valence-corrected chi connectivity index (χ4v) is 0. The van der Waals surface area contributed by atoms with E-state index in [0.29, 0.717) is 0 Å². The van der Waals surface area contributed by atoms with Crippen LogP contribution in [0.1, 0.15) is 0 Å². The summed E-state index contributed by atoms with van der Waals surface area (Å²) < 4.78 is 17.7. The SMILES string of the molecule is [BaH2].[BaH2].[CaH2].[CaH2].[Hg].[O]=[Cu][Cu]=[O]. The Kier molecular flexibility index (Phi) is 145. The van der Waals surface area contributed by atoms with Gasteiger partial charge in [-0.3, -0.25) is 0 Å². The first kappa shape index (κ1) is 36.0. The molecule has 9 heteroatoms. The molecule has 0 saturated carbocycles. The predicted molar refractivity (Wildman–Crippen MR) is 35.5 cm³/mol. The fraction of sp³-hybridized carbons (Fsp3) is 0.